The Morgan fingerprint density at radius 3 is 2.62 bits per heavy atom. The molecule has 0 aliphatic carbocycles. The van der Waals surface area contributed by atoms with Gasteiger partial charge in [0, 0.05) is 12.2 Å². The predicted octanol–water partition coefficient (Wildman–Crippen LogP) is 1.54. The van der Waals surface area contributed by atoms with Crippen LogP contribution in [-0.2, 0) is 16.1 Å². The lowest BCUT2D eigenvalue weighted by Gasteiger charge is -2.06. The van der Waals surface area contributed by atoms with E-state index in [1.165, 1.54) is 0 Å². The summed E-state index contributed by atoms with van der Waals surface area (Å²) < 4.78 is 4.80. The summed E-state index contributed by atoms with van der Waals surface area (Å²) >= 11 is 0. The van der Waals surface area contributed by atoms with E-state index in [0.717, 1.165) is 11.3 Å². The second kappa shape index (κ2) is 6.85. The van der Waals surface area contributed by atoms with Gasteiger partial charge in [0.25, 0.3) is 0 Å². The molecule has 1 aromatic rings. The minimum Gasteiger partial charge on any atom is -0.466 e. The number of benzene rings is 1. The molecular weight excluding hydrogens is 206 g/mol. The van der Waals surface area contributed by atoms with E-state index in [2.05, 4.69) is 5.32 Å². The lowest BCUT2D eigenvalue weighted by molar-refractivity contribution is -0.142. The van der Waals surface area contributed by atoms with Crippen LogP contribution in [0.1, 0.15) is 18.9 Å². The largest absolute Gasteiger partial charge is 0.466 e. The van der Waals surface area contributed by atoms with Crippen LogP contribution in [0.2, 0.25) is 0 Å². The van der Waals surface area contributed by atoms with E-state index in [0.29, 0.717) is 19.6 Å². The summed E-state index contributed by atoms with van der Waals surface area (Å²) in [4.78, 5) is 11.0. The molecule has 4 heteroatoms. The summed E-state index contributed by atoms with van der Waals surface area (Å²) in [7, 11) is 0. The van der Waals surface area contributed by atoms with Crippen molar-refractivity contribution in [3.8, 4) is 0 Å². The zero-order valence-corrected chi connectivity index (χ0v) is 9.40. The van der Waals surface area contributed by atoms with Crippen molar-refractivity contribution in [1.82, 2.24) is 0 Å². The number of aliphatic hydroxyl groups excluding tert-OH is 1. The summed E-state index contributed by atoms with van der Waals surface area (Å²) in [6.07, 6.45) is 0.357. The standard InChI is InChI=1S/C12H17NO3/c1-2-16-12(15)7-8-13-11-5-3-10(9-14)4-6-11/h3-6,13-14H,2,7-9H2,1H3. The molecule has 1 aromatic carbocycles. The molecular formula is C12H17NO3. The first-order valence-corrected chi connectivity index (χ1v) is 5.35. The summed E-state index contributed by atoms with van der Waals surface area (Å²) in [6.45, 7) is 2.81. The molecule has 0 unspecified atom stereocenters. The summed E-state index contributed by atoms with van der Waals surface area (Å²) in [5.74, 6) is -0.193. The molecule has 0 amide bonds. The number of hydrogen-bond acceptors (Lipinski definition) is 4. The molecule has 0 fully saturated rings. The van der Waals surface area contributed by atoms with Gasteiger partial charge < -0.3 is 15.2 Å². The van der Waals surface area contributed by atoms with Gasteiger partial charge in [0.1, 0.15) is 0 Å². The van der Waals surface area contributed by atoms with Crippen LogP contribution >= 0.6 is 0 Å². The van der Waals surface area contributed by atoms with Crippen molar-refractivity contribution in [2.75, 3.05) is 18.5 Å². The first-order valence-electron chi connectivity index (χ1n) is 5.35. The predicted molar refractivity (Wildman–Crippen MR) is 62.1 cm³/mol. The minimum absolute atomic E-state index is 0.0447. The Labute approximate surface area is 95.2 Å². The fourth-order valence-corrected chi connectivity index (χ4v) is 1.27. The maximum atomic E-state index is 11.0. The van der Waals surface area contributed by atoms with Gasteiger partial charge in [-0.25, -0.2) is 0 Å². The molecule has 1 rings (SSSR count). The molecule has 88 valence electrons. The number of rotatable bonds is 6. The minimum atomic E-state index is -0.193. The first-order chi connectivity index (χ1) is 7.76. The lowest BCUT2D eigenvalue weighted by Crippen LogP contribution is -2.11. The van der Waals surface area contributed by atoms with E-state index < -0.39 is 0 Å². The van der Waals surface area contributed by atoms with Crippen molar-refractivity contribution in [1.29, 1.82) is 0 Å². The summed E-state index contributed by atoms with van der Waals surface area (Å²) in [5.41, 5.74) is 1.80. The van der Waals surface area contributed by atoms with Crippen LogP contribution in [0.5, 0.6) is 0 Å². The van der Waals surface area contributed by atoms with Crippen LogP contribution in [0.3, 0.4) is 0 Å². The van der Waals surface area contributed by atoms with E-state index >= 15 is 0 Å². The highest BCUT2D eigenvalue weighted by Gasteiger charge is 2.00. The number of hydrogen-bond donors (Lipinski definition) is 2. The Balaban J connectivity index is 2.29. The monoisotopic (exact) mass is 223 g/mol. The molecule has 0 heterocycles. The first kappa shape index (κ1) is 12.5. The van der Waals surface area contributed by atoms with Crippen molar-refractivity contribution in [2.24, 2.45) is 0 Å². The number of anilines is 1. The van der Waals surface area contributed by atoms with Crippen molar-refractivity contribution in [3.05, 3.63) is 29.8 Å². The smallest absolute Gasteiger partial charge is 0.307 e. The Bertz CT molecular complexity index is 322. The zero-order valence-electron chi connectivity index (χ0n) is 9.40. The number of carbonyl (C=O) groups excluding carboxylic acids is 1. The fraction of sp³-hybridized carbons (Fsp3) is 0.417. The van der Waals surface area contributed by atoms with E-state index in [-0.39, 0.29) is 12.6 Å². The van der Waals surface area contributed by atoms with Crippen LogP contribution in [0.25, 0.3) is 0 Å². The van der Waals surface area contributed by atoms with Gasteiger partial charge in [0.2, 0.25) is 0 Å². The third-order valence-corrected chi connectivity index (χ3v) is 2.10. The SMILES string of the molecule is CCOC(=O)CCNc1ccc(CO)cc1. The molecule has 16 heavy (non-hydrogen) atoms. The molecule has 0 saturated heterocycles. The number of nitrogens with one attached hydrogen (secondary N) is 1. The quantitative estimate of drug-likeness (QED) is 0.718. The molecule has 4 nitrogen and oxygen atoms in total. The maximum absolute atomic E-state index is 11.0. The van der Waals surface area contributed by atoms with Gasteiger partial charge in [-0.2, -0.15) is 0 Å². The number of ether oxygens (including phenoxy) is 1. The number of aliphatic hydroxyl groups is 1. The molecule has 0 bridgehead atoms. The fourth-order valence-electron chi connectivity index (χ4n) is 1.27. The Morgan fingerprint density at radius 1 is 1.38 bits per heavy atom. The maximum Gasteiger partial charge on any atom is 0.307 e. The van der Waals surface area contributed by atoms with Crippen LogP contribution in [0.4, 0.5) is 5.69 Å². The Morgan fingerprint density at radius 2 is 2.06 bits per heavy atom. The van der Waals surface area contributed by atoms with Crippen LogP contribution in [-0.4, -0.2) is 24.2 Å². The van der Waals surface area contributed by atoms with Crippen LogP contribution in [0, 0.1) is 0 Å². The molecule has 0 spiro atoms. The van der Waals surface area contributed by atoms with E-state index in [1.54, 1.807) is 6.92 Å². The molecule has 0 aromatic heterocycles. The van der Waals surface area contributed by atoms with Gasteiger partial charge >= 0.3 is 5.97 Å². The Hall–Kier alpha value is -1.55. The summed E-state index contributed by atoms with van der Waals surface area (Å²) in [6, 6.07) is 7.42. The van der Waals surface area contributed by atoms with Crippen molar-refractivity contribution >= 4 is 11.7 Å². The molecule has 0 aliphatic heterocycles. The molecule has 0 aliphatic rings. The highest BCUT2D eigenvalue weighted by atomic mass is 16.5. The molecule has 0 radical (unpaired) electrons. The topological polar surface area (TPSA) is 58.6 Å². The van der Waals surface area contributed by atoms with Gasteiger partial charge in [-0.3, -0.25) is 4.79 Å². The van der Waals surface area contributed by atoms with E-state index in [4.69, 9.17) is 9.84 Å². The van der Waals surface area contributed by atoms with Crippen molar-refractivity contribution in [2.45, 2.75) is 20.0 Å². The second-order valence-corrected chi connectivity index (χ2v) is 3.34. The zero-order chi connectivity index (χ0) is 11.8. The lowest BCUT2D eigenvalue weighted by atomic mass is 10.2. The van der Waals surface area contributed by atoms with Crippen LogP contribution < -0.4 is 5.32 Å². The number of esters is 1. The van der Waals surface area contributed by atoms with Gasteiger partial charge in [-0.05, 0) is 24.6 Å². The second-order valence-electron chi connectivity index (χ2n) is 3.34. The van der Waals surface area contributed by atoms with Gasteiger partial charge in [-0.15, -0.1) is 0 Å². The highest BCUT2D eigenvalue weighted by molar-refractivity contribution is 5.70. The van der Waals surface area contributed by atoms with Crippen LogP contribution in [0.15, 0.2) is 24.3 Å². The molecule has 2 N–H and O–H groups in total. The van der Waals surface area contributed by atoms with Gasteiger partial charge in [-0.1, -0.05) is 12.1 Å². The number of carbonyl (C=O) groups is 1. The van der Waals surface area contributed by atoms with Crippen molar-refractivity contribution < 1.29 is 14.6 Å². The van der Waals surface area contributed by atoms with Crippen molar-refractivity contribution in [3.63, 3.8) is 0 Å². The summed E-state index contributed by atoms with van der Waals surface area (Å²) in [5, 5.41) is 12.0. The molecule has 0 atom stereocenters. The average Bonchev–Trinajstić information content (AvgIpc) is 2.30. The Kier molecular flexibility index (Phi) is 5.36. The third-order valence-electron chi connectivity index (χ3n) is 2.10. The highest BCUT2D eigenvalue weighted by Crippen LogP contribution is 2.09. The average molecular weight is 223 g/mol. The van der Waals surface area contributed by atoms with Gasteiger partial charge in [0.05, 0.1) is 19.6 Å². The van der Waals surface area contributed by atoms with Gasteiger partial charge in [0.15, 0.2) is 0 Å². The van der Waals surface area contributed by atoms with E-state index in [9.17, 15) is 4.79 Å². The third kappa shape index (κ3) is 4.31. The molecule has 0 saturated carbocycles. The normalized spacial score (nSPS) is 9.88. The van der Waals surface area contributed by atoms with E-state index in [1.807, 2.05) is 24.3 Å².